The van der Waals surface area contributed by atoms with Gasteiger partial charge in [-0.25, -0.2) is 0 Å². The number of hydrogen-bond donors (Lipinski definition) is 2. The molecule has 0 aliphatic carbocycles. The molecule has 1 aliphatic rings. The minimum Gasteiger partial charge on any atom is -0.317 e. The van der Waals surface area contributed by atoms with E-state index in [1.165, 1.54) is 0 Å². The van der Waals surface area contributed by atoms with E-state index >= 15 is 0 Å². The quantitative estimate of drug-likeness (QED) is 0.746. The Morgan fingerprint density at radius 2 is 2.00 bits per heavy atom. The maximum absolute atomic E-state index is 11.9. The van der Waals surface area contributed by atoms with Crippen LogP contribution < -0.4 is 10.0 Å². The van der Waals surface area contributed by atoms with Crippen LogP contribution in [0.25, 0.3) is 0 Å². The molecule has 1 fully saturated rings. The van der Waals surface area contributed by atoms with Crippen molar-refractivity contribution in [3.63, 3.8) is 0 Å². The predicted octanol–water partition coefficient (Wildman–Crippen LogP) is 0.159. The van der Waals surface area contributed by atoms with Crippen LogP contribution in [0.15, 0.2) is 0 Å². The third kappa shape index (κ3) is 3.41. The second-order valence-electron chi connectivity index (χ2n) is 4.80. The molecule has 6 heteroatoms. The fraction of sp³-hybridized carbons (Fsp3) is 1.00. The Morgan fingerprint density at radius 3 is 2.44 bits per heavy atom. The van der Waals surface area contributed by atoms with Crippen molar-refractivity contribution >= 4 is 10.2 Å². The zero-order valence-electron chi connectivity index (χ0n) is 10.5. The Bertz CT molecular complexity index is 316. The summed E-state index contributed by atoms with van der Waals surface area (Å²) in [7, 11) is -1.36. The number of nitrogens with zero attached hydrogens (tertiary/aromatic N) is 1. The Labute approximate surface area is 98.8 Å². The molecule has 0 aromatic rings. The van der Waals surface area contributed by atoms with E-state index < -0.39 is 10.2 Å². The molecule has 16 heavy (non-hydrogen) atoms. The monoisotopic (exact) mass is 249 g/mol. The van der Waals surface area contributed by atoms with Crippen molar-refractivity contribution in [1.82, 2.24) is 14.3 Å². The van der Waals surface area contributed by atoms with Crippen LogP contribution in [-0.2, 0) is 10.2 Å². The normalized spacial score (nSPS) is 28.6. The van der Waals surface area contributed by atoms with Crippen LogP contribution in [0.4, 0.5) is 0 Å². The maximum Gasteiger partial charge on any atom is 0.279 e. The van der Waals surface area contributed by atoms with E-state index in [-0.39, 0.29) is 6.04 Å². The molecule has 2 N–H and O–H groups in total. The van der Waals surface area contributed by atoms with Crippen molar-refractivity contribution in [2.45, 2.75) is 39.3 Å². The van der Waals surface area contributed by atoms with Crippen LogP contribution >= 0.6 is 0 Å². The molecule has 1 saturated heterocycles. The fourth-order valence-electron chi connectivity index (χ4n) is 2.13. The molecule has 1 heterocycles. The predicted molar refractivity (Wildman–Crippen MR) is 65.4 cm³/mol. The lowest BCUT2D eigenvalue weighted by Crippen LogP contribution is -2.53. The summed E-state index contributed by atoms with van der Waals surface area (Å²) in [6.07, 6.45) is 0.872. The lowest BCUT2D eigenvalue weighted by molar-refractivity contribution is 0.225. The highest BCUT2D eigenvalue weighted by Gasteiger charge is 2.31. The molecule has 2 atom stereocenters. The summed E-state index contributed by atoms with van der Waals surface area (Å²) in [6, 6.07) is 0.368. The average molecular weight is 249 g/mol. The third-order valence-electron chi connectivity index (χ3n) is 2.96. The van der Waals surface area contributed by atoms with Gasteiger partial charge >= 0.3 is 0 Å². The summed E-state index contributed by atoms with van der Waals surface area (Å²) in [5.41, 5.74) is 0. The first-order chi connectivity index (χ1) is 7.36. The topological polar surface area (TPSA) is 61.4 Å². The van der Waals surface area contributed by atoms with Crippen molar-refractivity contribution in [2.24, 2.45) is 5.92 Å². The van der Waals surface area contributed by atoms with Gasteiger partial charge in [0.25, 0.3) is 10.2 Å². The summed E-state index contributed by atoms with van der Waals surface area (Å²) in [6.45, 7) is 6.94. The first-order valence-electron chi connectivity index (χ1n) is 5.81. The Hall–Kier alpha value is -0.170. The van der Waals surface area contributed by atoms with Gasteiger partial charge in [-0.05, 0) is 33.2 Å². The van der Waals surface area contributed by atoms with E-state index in [2.05, 4.69) is 17.0 Å². The van der Waals surface area contributed by atoms with E-state index in [0.29, 0.717) is 25.0 Å². The summed E-state index contributed by atoms with van der Waals surface area (Å²) in [4.78, 5) is 0. The minimum atomic E-state index is -3.29. The fourth-order valence-corrected chi connectivity index (χ4v) is 3.65. The van der Waals surface area contributed by atoms with Gasteiger partial charge in [-0.3, -0.25) is 0 Å². The summed E-state index contributed by atoms with van der Waals surface area (Å²) < 4.78 is 28.0. The molecule has 96 valence electrons. The zero-order chi connectivity index (χ0) is 12.3. The van der Waals surface area contributed by atoms with Crippen LogP contribution in [0.1, 0.15) is 27.2 Å². The molecule has 0 saturated carbocycles. The molecule has 1 rings (SSSR count). The van der Waals surface area contributed by atoms with Crippen LogP contribution in [0.5, 0.6) is 0 Å². The van der Waals surface area contributed by atoms with E-state index in [4.69, 9.17) is 0 Å². The molecule has 1 aliphatic heterocycles. The van der Waals surface area contributed by atoms with Crippen molar-refractivity contribution in [1.29, 1.82) is 0 Å². The van der Waals surface area contributed by atoms with Gasteiger partial charge in [0, 0.05) is 25.2 Å². The van der Waals surface area contributed by atoms with Crippen molar-refractivity contribution in [3.05, 3.63) is 0 Å². The summed E-state index contributed by atoms with van der Waals surface area (Å²) >= 11 is 0. The van der Waals surface area contributed by atoms with Crippen molar-refractivity contribution in [2.75, 3.05) is 20.1 Å². The second kappa shape index (κ2) is 5.44. The lowest BCUT2D eigenvalue weighted by Gasteiger charge is -2.36. The van der Waals surface area contributed by atoms with Gasteiger partial charge < -0.3 is 5.32 Å². The molecule has 0 aromatic heterocycles. The maximum atomic E-state index is 11.9. The number of hydrogen-bond acceptors (Lipinski definition) is 3. The zero-order valence-corrected chi connectivity index (χ0v) is 11.3. The van der Waals surface area contributed by atoms with E-state index in [1.807, 2.05) is 20.9 Å². The van der Waals surface area contributed by atoms with Crippen LogP contribution in [0, 0.1) is 5.92 Å². The van der Waals surface area contributed by atoms with E-state index in [1.54, 1.807) is 4.31 Å². The van der Waals surface area contributed by atoms with Crippen molar-refractivity contribution in [3.8, 4) is 0 Å². The van der Waals surface area contributed by atoms with Gasteiger partial charge in [-0.15, -0.1) is 0 Å². The summed E-state index contributed by atoms with van der Waals surface area (Å²) in [5, 5.41) is 3.22. The van der Waals surface area contributed by atoms with Gasteiger partial charge in [0.05, 0.1) is 0 Å². The Kier molecular flexibility index (Phi) is 4.73. The number of nitrogens with one attached hydrogen (secondary N) is 2. The minimum absolute atomic E-state index is 0.0534. The number of piperidine rings is 1. The standard InChI is InChI=1S/C10H23N3O2S/c1-8(2)12-16(14,15)13-6-5-10(11-4)9(3)7-13/h8-12H,5-7H2,1-4H3. The second-order valence-corrected chi connectivity index (χ2v) is 6.50. The van der Waals surface area contributed by atoms with Crippen molar-refractivity contribution < 1.29 is 8.42 Å². The molecular weight excluding hydrogens is 226 g/mol. The van der Waals surface area contributed by atoms with Crippen LogP contribution in [-0.4, -0.2) is 44.9 Å². The van der Waals surface area contributed by atoms with Gasteiger partial charge in [-0.2, -0.15) is 17.4 Å². The molecule has 0 aromatic carbocycles. The molecular formula is C10H23N3O2S. The Morgan fingerprint density at radius 1 is 1.38 bits per heavy atom. The third-order valence-corrected chi connectivity index (χ3v) is 4.74. The molecule has 0 bridgehead atoms. The number of rotatable bonds is 4. The highest BCUT2D eigenvalue weighted by atomic mass is 32.2. The largest absolute Gasteiger partial charge is 0.317 e. The van der Waals surface area contributed by atoms with Crippen LogP contribution in [0.2, 0.25) is 0 Å². The molecule has 0 radical (unpaired) electrons. The van der Waals surface area contributed by atoms with Gasteiger partial charge in [0.2, 0.25) is 0 Å². The van der Waals surface area contributed by atoms with E-state index in [9.17, 15) is 8.42 Å². The Balaban J connectivity index is 2.64. The van der Waals surface area contributed by atoms with Crippen LogP contribution in [0.3, 0.4) is 0 Å². The van der Waals surface area contributed by atoms with Gasteiger partial charge in [0.1, 0.15) is 0 Å². The molecule has 0 spiro atoms. The first-order valence-corrected chi connectivity index (χ1v) is 7.25. The van der Waals surface area contributed by atoms with Gasteiger partial charge in [0.15, 0.2) is 0 Å². The highest BCUT2D eigenvalue weighted by molar-refractivity contribution is 7.87. The molecule has 5 nitrogen and oxygen atoms in total. The van der Waals surface area contributed by atoms with E-state index in [0.717, 1.165) is 6.42 Å². The average Bonchev–Trinajstić information content (AvgIpc) is 2.15. The molecule has 0 amide bonds. The smallest absolute Gasteiger partial charge is 0.279 e. The summed E-state index contributed by atoms with van der Waals surface area (Å²) in [5.74, 6) is 0.350. The first kappa shape index (κ1) is 13.9. The SMILES string of the molecule is CNC1CCN(S(=O)(=O)NC(C)C)CC1C. The lowest BCUT2D eigenvalue weighted by atomic mass is 9.96. The highest BCUT2D eigenvalue weighted by Crippen LogP contribution is 2.18. The van der Waals surface area contributed by atoms with Gasteiger partial charge in [-0.1, -0.05) is 6.92 Å². The molecule has 2 unspecified atom stereocenters.